The van der Waals surface area contributed by atoms with Gasteiger partial charge in [0.2, 0.25) is 5.91 Å². The lowest BCUT2D eigenvalue weighted by Crippen LogP contribution is -2.24. The zero-order valence-electron chi connectivity index (χ0n) is 16.6. The number of carbonyl (C=O) groups excluding carboxylic acids is 2. The first kappa shape index (κ1) is 19.6. The molecule has 0 radical (unpaired) electrons. The van der Waals surface area contributed by atoms with E-state index in [0.29, 0.717) is 30.8 Å². The van der Waals surface area contributed by atoms with Crippen molar-refractivity contribution in [3.63, 3.8) is 0 Å². The van der Waals surface area contributed by atoms with Gasteiger partial charge in [-0.2, -0.15) is 0 Å². The summed E-state index contributed by atoms with van der Waals surface area (Å²) in [6.45, 7) is 1.79. The fraction of sp³-hybridized carbons (Fsp3) is 0.208. The van der Waals surface area contributed by atoms with Gasteiger partial charge >= 0.3 is 0 Å². The summed E-state index contributed by atoms with van der Waals surface area (Å²) in [5.41, 5.74) is 3.11. The fourth-order valence-electron chi connectivity index (χ4n) is 3.59. The number of likely N-dealkylation sites (tertiary alicyclic amines) is 1. The van der Waals surface area contributed by atoms with E-state index in [1.807, 2.05) is 53.4 Å². The number of hydrogen-bond acceptors (Lipinski definition) is 3. The summed E-state index contributed by atoms with van der Waals surface area (Å²) in [4.78, 5) is 38.1. The second-order valence-electron chi connectivity index (χ2n) is 7.44. The first-order valence-electron chi connectivity index (χ1n) is 10.0. The van der Waals surface area contributed by atoms with Crippen molar-refractivity contribution < 1.29 is 9.59 Å². The van der Waals surface area contributed by atoms with E-state index in [2.05, 4.69) is 5.32 Å². The number of benzene rings is 2. The molecule has 0 aliphatic carbocycles. The highest BCUT2D eigenvalue weighted by Crippen LogP contribution is 2.17. The molecule has 0 bridgehead atoms. The Bertz CT molecular complexity index is 1120. The number of hydrogen-bond donors (Lipinski definition) is 1. The summed E-state index contributed by atoms with van der Waals surface area (Å²) in [5, 5.41) is 2.90. The molecule has 0 unspecified atom stereocenters. The average molecular weight is 401 g/mol. The van der Waals surface area contributed by atoms with Crippen molar-refractivity contribution in [2.45, 2.75) is 25.9 Å². The smallest absolute Gasteiger partial charge is 0.255 e. The molecule has 3 aromatic rings. The minimum Gasteiger partial charge on any atom is -0.338 e. The van der Waals surface area contributed by atoms with Gasteiger partial charge in [-0.1, -0.05) is 30.3 Å². The third kappa shape index (κ3) is 4.66. The van der Waals surface area contributed by atoms with E-state index >= 15 is 0 Å². The van der Waals surface area contributed by atoms with E-state index < -0.39 is 0 Å². The zero-order valence-corrected chi connectivity index (χ0v) is 16.6. The largest absolute Gasteiger partial charge is 0.338 e. The molecule has 1 fully saturated rings. The number of aromatic nitrogens is 1. The van der Waals surface area contributed by atoms with Gasteiger partial charge in [0.05, 0.1) is 6.54 Å². The third-order valence-corrected chi connectivity index (χ3v) is 5.20. The van der Waals surface area contributed by atoms with Crippen molar-refractivity contribution in [3.8, 4) is 0 Å². The highest BCUT2D eigenvalue weighted by atomic mass is 16.2. The molecule has 1 saturated heterocycles. The van der Waals surface area contributed by atoms with E-state index in [9.17, 15) is 14.4 Å². The van der Waals surface area contributed by atoms with Gasteiger partial charge < -0.3 is 14.8 Å². The number of nitrogens with zero attached hydrogens (tertiary/aromatic N) is 2. The topological polar surface area (TPSA) is 71.4 Å². The summed E-state index contributed by atoms with van der Waals surface area (Å²) in [7, 11) is 0. The van der Waals surface area contributed by atoms with E-state index in [4.69, 9.17) is 0 Å². The lowest BCUT2D eigenvalue weighted by molar-refractivity contribution is -0.128. The van der Waals surface area contributed by atoms with Gasteiger partial charge in [-0.3, -0.25) is 14.4 Å². The summed E-state index contributed by atoms with van der Waals surface area (Å²) in [6.07, 6.45) is 3.25. The molecule has 0 atom stereocenters. The van der Waals surface area contributed by atoms with E-state index in [-0.39, 0.29) is 17.4 Å². The Hall–Kier alpha value is -3.67. The molecule has 1 N–H and O–H groups in total. The molecule has 1 aromatic heterocycles. The average Bonchev–Trinajstić information content (AvgIpc) is 3.15. The Kier molecular flexibility index (Phi) is 5.75. The molecule has 152 valence electrons. The van der Waals surface area contributed by atoms with E-state index in [0.717, 1.165) is 24.1 Å². The molecular formula is C24H23N3O3. The van der Waals surface area contributed by atoms with Gasteiger partial charge in [0.15, 0.2) is 0 Å². The molecule has 0 spiro atoms. The molecular weight excluding hydrogens is 378 g/mol. The van der Waals surface area contributed by atoms with Crippen LogP contribution in [0.2, 0.25) is 0 Å². The van der Waals surface area contributed by atoms with Crippen LogP contribution in [0.25, 0.3) is 0 Å². The Morgan fingerprint density at radius 3 is 2.47 bits per heavy atom. The molecule has 2 amide bonds. The van der Waals surface area contributed by atoms with Crippen LogP contribution in [0.5, 0.6) is 0 Å². The predicted molar refractivity (Wildman–Crippen MR) is 115 cm³/mol. The quantitative estimate of drug-likeness (QED) is 0.689. The first-order chi connectivity index (χ1) is 14.6. The Morgan fingerprint density at radius 1 is 0.900 bits per heavy atom. The maximum atomic E-state index is 12.7. The first-order valence-corrected chi connectivity index (χ1v) is 10.0. The Labute approximate surface area is 174 Å². The number of rotatable bonds is 6. The van der Waals surface area contributed by atoms with Crippen LogP contribution in [0.1, 0.15) is 34.3 Å². The lowest BCUT2D eigenvalue weighted by atomic mass is 10.1. The van der Waals surface area contributed by atoms with Crippen LogP contribution in [0.3, 0.4) is 0 Å². The summed E-state index contributed by atoms with van der Waals surface area (Å²) >= 11 is 0. The van der Waals surface area contributed by atoms with Crippen LogP contribution < -0.4 is 10.9 Å². The zero-order chi connectivity index (χ0) is 20.9. The van der Waals surface area contributed by atoms with E-state index in [1.165, 1.54) is 6.07 Å². The predicted octanol–water partition coefficient (Wildman–Crippen LogP) is 3.27. The number of amides is 2. The van der Waals surface area contributed by atoms with Crippen molar-refractivity contribution in [3.05, 3.63) is 100.0 Å². The van der Waals surface area contributed by atoms with Gasteiger partial charge in [0.25, 0.3) is 11.5 Å². The minimum absolute atomic E-state index is 0.0506. The SMILES string of the molecule is O=C(Nc1ccc(Cn2ccccc2=O)cc1)c1cccc(CN2CCCC2=O)c1. The molecule has 0 saturated carbocycles. The highest BCUT2D eigenvalue weighted by Gasteiger charge is 2.20. The number of anilines is 1. The standard InChI is InChI=1S/C24H23N3O3/c28-22-7-1-2-13-26(22)16-18-9-11-21(12-10-18)25-24(30)20-6-3-5-19(15-20)17-27-14-4-8-23(27)29/h1-3,5-7,9-13,15H,4,8,14,16-17H2,(H,25,30). The molecule has 6 nitrogen and oxygen atoms in total. The van der Waals surface area contributed by atoms with Crippen molar-refractivity contribution in [2.24, 2.45) is 0 Å². The van der Waals surface area contributed by atoms with Gasteiger partial charge in [-0.05, 0) is 47.9 Å². The number of nitrogens with one attached hydrogen (secondary N) is 1. The molecule has 1 aliphatic heterocycles. The normalized spacial score (nSPS) is 13.5. The maximum absolute atomic E-state index is 12.7. The van der Waals surface area contributed by atoms with Crippen LogP contribution in [-0.4, -0.2) is 27.8 Å². The second-order valence-corrected chi connectivity index (χ2v) is 7.44. The molecule has 2 heterocycles. The number of carbonyl (C=O) groups is 2. The summed E-state index contributed by atoms with van der Waals surface area (Å²) in [6, 6.07) is 19.9. The van der Waals surface area contributed by atoms with Gasteiger partial charge in [0.1, 0.15) is 0 Å². The van der Waals surface area contributed by atoms with Crippen LogP contribution in [0, 0.1) is 0 Å². The maximum Gasteiger partial charge on any atom is 0.255 e. The van der Waals surface area contributed by atoms with Gasteiger partial charge in [-0.25, -0.2) is 0 Å². The van der Waals surface area contributed by atoms with Crippen molar-refractivity contribution in [2.75, 3.05) is 11.9 Å². The molecule has 30 heavy (non-hydrogen) atoms. The Balaban J connectivity index is 1.40. The summed E-state index contributed by atoms with van der Waals surface area (Å²) in [5.74, 6) is -0.0284. The van der Waals surface area contributed by atoms with Gasteiger partial charge in [0, 0.05) is 43.0 Å². The van der Waals surface area contributed by atoms with Crippen LogP contribution >= 0.6 is 0 Å². The van der Waals surface area contributed by atoms with Crippen molar-refractivity contribution in [1.82, 2.24) is 9.47 Å². The highest BCUT2D eigenvalue weighted by molar-refractivity contribution is 6.04. The second kappa shape index (κ2) is 8.78. The summed E-state index contributed by atoms with van der Waals surface area (Å²) < 4.78 is 1.63. The third-order valence-electron chi connectivity index (χ3n) is 5.20. The van der Waals surface area contributed by atoms with Gasteiger partial charge in [-0.15, -0.1) is 0 Å². The fourth-order valence-corrected chi connectivity index (χ4v) is 3.59. The molecule has 2 aromatic carbocycles. The lowest BCUT2D eigenvalue weighted by Gasteiger charge is -2.16. The van der Waals surface area contributed by atoms with Crippen LogP contribution in [0.4, 0.5) is 5.69 Å². The number of pyridine rings is 1. The Morgan fingerprint density at radius 2 is 1.73 bits per heavy atom. The molecule has 1 aliphatic rings. The van der Waals surface area contributed by atoms with Crippen LogP contribution in [-0.2, 0) is 17.9 Å². The van der Waals surface area contributed by atoms with Crippen LogP contribution in [0.15, 0.2) is 77.7 Å². The minimum atomic E-state index is -0.198. The van der Waals surface area contributed by atoms with E-state index in [1.54, 1.807) is 22.9 Å². The molecule has 6 heteroatoms. The van der Waals surface area contributed by atoms with Crippen molar-refractivity contribution >= 4 is 17.5 Å². The monoisotopic (exact) mass is 401 g/mol. The van der Waals surface area contributed by atoms with Crippen molar-refractivity contribution in [1.29, 1.82) is 0 Å². The molecule has 4 rings (SSSR count).